The lowest BCUT2D eigenvalue weighted by Gasteiger charge is -2.37. The standard InChI is InChI=1S/C15H17F3OS/c1-9-4-10(6-11(5-9)15(16,17)18)14(19)7-12-2-3-13(8-14)20-12/h4-6,12-13,19H,2-3,7-8H2,1H3. The summed E-state index contributed by atoms with van der Waals surface area (Å²) < 4.78 is 38.8. The molecular weight excluding hydrogens is 285 g/mol. The van der Waals surface area contributed by atoms with Crippen molar-refractivity contribution in [2.24, 2.45) is 0 Å². The molecule has 2 aliphatic heterocycles. The molecule has 2 saturated heterocycles. The third kappa shape index (κ3) is 2.58. The number of rotatable bonds is 1. The van der Waals surface area contributed by atoms with Crippen molar-refractivity contribution in [2.75, 3.05) is 0 Å². The van der Waals surface area contributed by atoms with Crippen molar-refractivity contribution in [3.63, 3.8) is 0 Å². The molecule has 2 aliphatic rings. The van der Waals surface area contributed by atoms with Gasteiger partial charge in [0.05, 0.1) is 11.2 Å². The Balaban J connectivity index is 1.99. The minimum Gasteiger partial charge on any atom is -0.385 e. The van der Waals surface area contributed by atoms with E-state index >= 15 is 0 Å². The summed E-state index contributed by atoms with van der Waals surface area (Å²) in [6.45, 7) is 1.65. The summed E-state index contributed by atoms with van der Waals surface area (Å²) in [7, 11) is 0. The van der Waals surface area contributed by atoms with E-state index < -0.39 is 17.3 Å². The Morgan fingerprint density at radius 1 is 1.15 bits per heavy atom. The summed E-state index contributed by atoms with van der Waals surface area (Å²) in [4.78, 5) is 0. The lowest BCUT2D eigenvalue weighted by molar-refractivity contribution is -0.137. The molecule has 0 spiro atoms. The smallest absolute Gasteiger partial charge is 0.385 e. The SMILES string of the molecule is Cc1cc(C(F)(F)F)cc(C2(O)CC3CCC(C2)S3)c1. The Morgan fingerprint density at radius 2 is 1.75 bits per heavy atom. The normalized spacial score (nSPS) is 33.5. The number of fused-ring (bicyclic) bond motifs is 2. The fourth-order valence-corrected chi connectivity index (χ4v) is 5.20. The van der Waals surface area contributed by atoms with Crippen LogP contribution >= 0.6 is 11.8 Å². The topological polar surface area (TPSA) is 20.2 Å². The van der Waals surface area contributed by atoms with Gasteiger partial charge < -0.3 is 5.11 Å². The van der Waals surface area contributed by atoms with E-state index in [1.165, 1.54) is 0 Å². The van der Waals surface area contributed by atoms with Crippen molar-refractivity contribution in [3.8, 4) is 0 Å². The molecule has 0 aromatic heterocycles. The fourth-order valence-electron chi connectivity index (χ4n) is 3.37. The average Bonchev–Trinajstić information content (AvgIpc) is 2.67. The second-order valence-corrected chi connectivity index (χ2v) is 7.59. The van der Waals surface area contributed by atoms with Gasteiger partial charge in [-0.15, -0.1) is 0 Å². The highest BCUT2D eigenvalue weighted by atomic mass is 32.2. The summed E-state index contributed by atoms with van der Waals surface area (Å²) >= 11 is 1.88. The van der Waals surface area contributed by atoms with Crippen LogP contribution in [0.3, 0.4) is 0 Å². The molecule has 2 heterocycles. The molecule has 2 bridgehead atoms. The first-order valence-corrected chi connectivity index (χ1v) is 7.78. The Morgan fingerprint density at radius 3 is 2.30 bits per heavy atom. The number of benzene rings is 1. The van der Waals surface area contributed by atoms with E-state index in [1.54, 1.807) is 13.0 Å². The first kappa shape index (κ1) is 14.3. The van der Waals surface area contributed by atoms with E-state index in [4.69, 9.17) is 0 Å². The maximum atomic E-state index is 12.9. The van der Waals surface area contributed by atoms with Crippen molar-refractivity contribution in [1.29, 1.82) is 0 Å². The van der Waals surface area contributed by atoms with E-state index in [1.807, 2.05) is 11.8 Å². The molecule has 1 N–H and O–H groups in total. The third-order valence-electron chi connectivity index (χ3n) is 4.27. The molecule has 0 amide bonds. The highest BCUT2D eigenvalue weighted by Gasteiger charge is 2.45. The van der Waals surface area contributed by atoms with Gasteiger partial charge in [0.15, 0.2) is 0 Å². The van der Waals surface area contributed by atoms with E-state index in [-0.39, 0.29) is 0 Å². The van der Waals surface area contributed by atoms with E-state index in [0.717, 1.165) is 25.0 Å². The van der Waals surface area contributed by atoms with Gasteiger partial charge in [0.1, 0.15) is 0 Å². The van der Waals surface area contributed by atoms with E-state index in [0.29, 0.717) is 34.5 Å². The summed E-state index contributed by atoms with van der Waals surface area (Å²) in [6.07, 6.45) is -1.10. The van der Waals surface area contributed by atoms with Crippen LogP contribution in [0.25, 0.3) is 0 Å². The third-order valence-corrected chi connectivity index (χ3v) is 5.84. The predicted octanol–water partition coefficient (Wildman–Crippen LogP) is 4.26. The van der Waals surface area contributed by atoms with Crippen molar-refractivity contribution in [2.45, 2.75) is 54.9 Å². The zero-order chi connectivity index (χ0) is 14.5. The van der Waals surface area contributed by atoms with Crippen LogP contribution in [0, 0.1) is 6.92 Å². The highest BCUT2D eigenvalue weighted by Crippen LogP contribution is 2.51. The zero-order valence-corrected chi connectivity index (χ0v) is 12.0. The highest BCUT2D eigenvalue weighted by molar-refractivity contribution is 8.00. The maximum Gasteiger partial charge on any atom is 0.416 e. The molecule has 0 saturated carbocycles. The summed E-state index contributed by atoms with van der Waals surface area (Å²) in [5, 5.41) is 11.6. The zero-order valence-electron chi connectivity index (χ0n) is 11.2. The Kier molecular flexibility index (Phi) is 3.33. The number of alkyl halides is 3. The monoisotopic (exact) mass is 302 g/mol. The van der Waals surface area contributed by atoms with Crippen molar-refractivity contribution < 1.29 is 18.3 Å². The molecule has 110 valence electrons. The minimum atomic E-state index is -4.36. The van der Waals surface area contributed by atoms with Crippen molar-refractivity contribution >= 4 is 11.8 Å². The molecule has 1 nitrogen and oxygen atoms in total. The second kappa shape index (κ2) is 4.67. The van der Waals surface area contributed by atoms with E-state index in [2.05, 4.69) is 0 Å². The number of hydrogen-bond donors (Lipinski definition) is 1. The first-order chi connectivity index (χ1) is 9.26. The molecule has 3 rings (SSSR count). The van der Waals surface area contributed by atoms with Crippen LogP contribution < -0.4 is 0 Å². The minimum absolute atomic E-state index is 0.383. The molecular formula is C15H17F3OS. The van der Waals surface area contributed by atoms with Crippen LogP contribution in [0.1, 0.15) is 42.4 Å². The van der Waals surface area contributed by atoms with Gasteiger partial charge in [0, 0.05) is 10.5 Å². The van der Waals surface area contributed by atoms with Crippen LogP contribution in [-0.4, -0.2) is 15.6 Å². The number of hydrogen-bond acceptors (Lipinski definition) is 2. The molecule has 5 heteroatoms. The van der Waals surface area contributed by atoms with Gasteiger partial charge in [-0.25, -0.2) is 0 Å². The summed E-state index contributed by atoms with van der Waals surface area (Å²) in [5.74, 6) is 0. The lowest BCUT2D eigenvalue weighted by atomic mass is 9.84. The maximum absolute atomic E-state index is 12.9. The van der Waals surface area contributed by atoms with Crippen molar-refractivity contribution in [3.05, 3.63) is 34.9 Å². The van der Waals surface area contributed by atoms with Gasteiger partial charge >= 0.3 is 6.18 Å². The van der Waals surface area contributed by atoms with Crippen LogP contribution in [0.5, 0.6) is 0 Å². The van der Waals surface area contributed by atoms with Gasteiger partial charge in [-0.1, -0.05) is 11.6 Å². The predicted molar refractivity (Wildman–Crippen MR) is 73.7 cm³/mol. The van der Waals surface area contributed by atoms with Crippen LogP contribution in [0.4, 0.5) is 13.2 Å². The molecule has 2 fully saturated rings. The van der Waals surface area contributed by atoms with Gasteiger partial charge in [0.2, 0.25) is 0 Å². The van der Waals surface area contributed by atoms with Gasteiger partial charge in [0.25, 0.3) is 0 Å². The number of thioether (sulfide) groups is 1. The quantitative estimate of drug-likeness (QED) is 0.836. The molecule has 20 heavy (non-hydrogen) atoms. The second-order valence-electron chi connectivity index (χ2n) is 5.98. The largest absolute Gasteiger partial charge is 0.416 e. The first-order valence-electron chi connectivity index (χ1n) is 6.83. The van der Waals surface area contributed by atoms with Crippen LogP contribution in [-0.2, 0) is 11.8 Å². The molecule has 1 aromatic rings. The summed E-state index contributed by atoms with van der Waals surface area (Å²) in [6, 6.07) is 3.96. The van der Waals surface area contributed by atoms with Crippen LogP contribution in [0.15, 0.2) is 18.2 Å². The molecule has 2 atom stereocenters. The average molecular weight is 302 g/mol. The van der Waals surface area contributed by atoms with Crippen LogP contribution in [0.2, 0.25) is 0 Å². The Bertz CT molecular complexity index is 514. The number of aliphatic hydroxyl groups is 1. The molecule has 0 aliphatic carbocycles. The van der Waals surface area contributed by atoms with Gasteiger partial charge in [-0.2, -0.15) is 24.9 Å². The Hall–Kier alpha value is -0.680. The molecule has 2 unspecified atom stereocenters. The molecule has 0 radical (unpaired) electrons. The van der Waals surface area contributed by atoms with Crippen molar-refractivity contribution in [1.82, 2.24) is 0 Å². The number of aryl methyl sites for hydroxylation is 1. The summed E-state index contributed by atoms with van der Waals surface area (Å²) in [5.41, 5.74) is -0.773. The van der Waals surface area contributed by atoms with Gasteiger partial charge in [-0.05, 0) is 50.3 Å². The Labute approximate surface area is 120 Å². The van der Waals surface area contributed by atoms with E-state index in [9.17, 15) is 18.3 Å². The molecule has 1 aromatic carbocycles. The fraction of sp³-hybridized carbons (Fsp3) is 0.600. The number of halogens is 3. The van der Waals surface area contributed by atoms with Gasteiger partial charge in [-0.3, -0.25) is 0 Å². The lowest BCUT2D eigenvalue weighted by Crippen LogP contribution is -2.35.